The van der Waals surface area contributed by atoms with Gasteiger partial charge in [0.1, 0.15) is 12.0 Å². The van der Waals surface area contributed by atoms with E-state index in [4.69, 9.17) is 4.74 Å². The van der Waals surface area contributed by atoms with Crippen molar-refractivity contribution in [2.24, 2.45) is 0 Å². The molecule has 3 heteroatoms. The highest BCUT2D eigenvalue weighted by Crippen LogP contribution is 2.28. The second-order valence-electron chi connectivity index (χ2n) is 3.58. The summed E-state index contributed by atoms with van der Waals surface area (Å²) in [5.74, 6) is 0.885. The van der Waals surface area contributed by atoms with Gasteiger partial charge in [-0.05, 0) is 37.1 Å². The first-order chi connectivity index (χ1) is 7.11. The van der Waals surface area contributed by atoms with E-state index in [9.17, 15) is 4.79 Å². The molecule has 0 aliphatic heterocycles. The molecule has 0 amide bonds. The fourth-order valence-corrected chi connectivity index (χ4v) is 1.63. The van der Waals surface area contributed by atoms with Gasteiger partial charge in [-0.25, -0.2) is 0 Å². The summed E-state index contributed by atoms with van der Waals surface area (Å²) in [5.41, 5.74) is 3.34. The fourth-order valence-electron chi connectivity index (χ4n) is 1.63. The molecule has 0 unspecified atom stereocenters. The predicted molar refractivity (Wildman–Crippen MR) is 61.8 cm³/mol. The van der Waals surface area contributed by atoms with Gasteiger partial charge in [-0.1, -0.05) is 0 Å². The largest absolute Gasteiger partial charge is 0.496 e. The van der Waals surface area contributed by atoms with Crippen LogP contribution in [0.1, 0.15) is 11.1 Å². The summed E-state index contributed by atoms with van der Waals surface area (Å²) in [4.78, 5) is 12.4. The Bertz CT molecular complexity index is 361. The van der Waals surface area contributed by atoms with Crippen LogP contribution in [0, 0.1) is 13.8 Å². The Morgan fingerprint density at radius 2 is 2.00 bits per heavy atom. The molecule has 0 saturated carbocycles. The highest BCUT2D eigenvalue weighted by Gasteiger charge is 2.09. The van der Waals surface area contributed by atoms with Crippen LogP contribution < -0.4 is 9.64 Å². The monoisotopic (exact) mass is 207 g/mol. The minimum absolute atomic E-state index is 0.409. The van der Waals surface area contributed by atoms with E-state index < -0.39 is 0 Å². The topological polar surface area (TPSA) is 29.5 Å². The molecule has 1 rings (SSSR count). The molecule has 0 heterocycles. The van der Waals surface area contributed by atoms with E-state index in [2.05, 4.69) is 0 Å². The van der Waals surface area contributed by atoms with Crippen molar-refractivity contribution >= 4 is 12.0 Å². The summed E-state index contributed by atoms with van der Waals surface area (Å²) in [6.45, 7) is 4.47. The van der Waals surface area contributed by atoms with Crippen LogP contribution in [0.25, 0.3) is 0 Å². The number of benzene rings is 1. The molecule has 0 N–H and O–H groups in total. The summed E-state index contributed by atoms with van der Waals surface area (Å²) < 4.78 is 5.23. The highest BCUT2D eigenvalue weighted by molar-refractivity contribution is 5.65. The quantitative estimate of drug-likeness (QED) is 0.707. The predicted octanol–water partition coefficient (Wildman–Crippen LogP) is 1.95. The Balaban J connectivity index is 3.11. The molecular formula is C12H17NO2. The number of anilines is 1. The molecule has 82 valence electrons. The zero-order valence-corrected chi connectivity index (χ0v) is 9.70. The molecule has 1 aromatic rings. The van der Waals surface area contributed by atoms with Crippen molar-refractivity contribution in [3.05, 3.63) is 23.3 Å². The van der Waals surface area contributed by atoms with Crippen LogP contribution in [-0.2, 0) is 4.79 Å². The van der Waals surface area contributed by atoms with Crippen LogP contribution in [0.15, 0.2) is 12.1 Å². The van der Waals surface area contributed by atoms with Gasteiger partial charge in [0, 0.05) is 12.7 Å². The molecule has 0 fully saturated rings. The number of rotatable bonds is 4. The standard InChI is InChI=1S/C12H17NO2/c1-9-10(2)12(15-4)6-5-11(9)13(3)7-8-14/h5-6,8H,7H2,1-4H3. The number of aldehydes is 1. The number of hydrogen-bond acceptors (Lipinski definition) is 3. The number of likely N-dealkylation sites (N-methyl/N-ethyl adjacent to an activating group) is 1. The lowest BCUT2D eigenvalue weighted by Crippen LogP contribution is -2.20. The Kier molecular flexibility index (Phi) is 3.72. The van der Waals surface area contributed by atoms with Gasteiger partial charge in [0.2, 0.25) is 0 Å². The molecule has 0 atom stereocenters. The number of hydrogen-bond donors (Lipinski definition) is 0. The minimum atomic E-state index is 0.409. The van der Waals surface area contributed by atoms with E-state index in [1.165, 1.54) is 0 Å². The zero-order chi connectivity index (χ0) is 11.4. The van der Waals surface area contributed by atoms with Gasteiger partial charge < -0.3 is 14.4 Å². The summed E-state index contributed by atoms with van der Waals surface area (Å²) in [6, 6.07) is 3.91. The first-order valence-electron chi connectivity index (χ1n) is 4.90. The fraction of sp³-hybridized carbons (Fsp3) is 0.417. The van der Waals surface area contributed by atoms with Crippen LogP contribution in [-0.4, -0.2) is 27.0 Å². The van der Waals surface area contributed by atoms with E-state index in [0.717, 1.165) is 28.8 Å². The molecule has 15 heavy (non-hydrogen) atoms. The second-order valence-corrected chi connectivity index (χ2v) is 3.58. The molecule has 1 aromatic carbocycles. The molecule has 0 aliphatic carbocycles. The molecule has 0 aromatic heterocycles. The Morgan fingerprint density at radius 1 is 1.33 bits per heavy atom. The van der Waals surface area contributed by atoms with E-state index in [0.29, 0.717) is 6.54 Å². The molecule has 0 spiro atoms. The maximum atomic E-state index is 10.4. The summed E-state index contributed by atoms with van der Waals surface area (Å²) in [6.07, 6.45) is 0.902. The van der Waals surface area contributed by atoms with Gasteiger partial charge in [-0.2, -0.15) is 0 Å². The smallest absolute Gasteiger partial charge is 0.139 e. The van der Waals surface area contributed by atoms with Crippen LogP contribution in [0.5, 0.6) is 5.75 Å². The molecule has 0 saturated heterocycles. The third-order valence-corrected chi connectivity index (χ3v) is 2.69. The Morgan fingerprint density at radius 3 is 2.53 bits per heavy atom. The Hall–Kier alpha value is -1.51. The van der Waals surface area contributed by atoms with Gasteiger partial charge in [-0.15, -0.1) is 0 Å². The first kappa shape index (κ1) is 11.6. The normalized spacial score (nSPS) is 9.87. The molecule has 3 nitrogen and oxygen atoms in total. The van der Waals surface area contributed by atoms with Crippen LogP contribution in [0.4, 0.5) is 5.69 Å². The molecule has 0 radical (unpaired) electrons. The number of nitrogens with zero attached hydrogens (tertiary/aromatic N) is 1. The van der Waals surface area contributed by atoms with Crippen LogP contribution in [0.2, 0.25) is 0 Å². The van der Waals surface area contributed by atoms with Gasteiger partial charge in [-0.3, -0.25) is 0 Å². The van der Waals surface area contributed by atoms with Crippen molar-refractivity contribution in [3.8, 4) is 5.75 Å². The van der Waals surface area contributed by atoms with Gasteiger partial charge in [0.05, 0.1) is 13.7 Å². The van der Waals surface area contributed by atoms with Crippen molar-refractivity contribution in [1.82, 2.24) is 0 Å². The van der Waals surface area contributed by atoms with Gasteiger partial charge >= 0.3 is 0 Å². The number of carbonyl (C=O) groups is 1. The van der Waals surface area contributed by atoms with Crippen molar-refractivity contribution in [3.63, 3.8) is 0 Å². The summed E-state index contributed by atoms with van der Waals surface area (Å²) in [5, 5.41) is 0. The third-order valence-electron chi connectivity index (χ3n) is 2.69. The maximum absolute atomic E-state index is 10.4. The lowest BCUT2D eigenvalue weighted by Gasteiger charge is -2.21. The maximum Gasteiger partial charge on any atom is 0.139 e. The average molecular weight is 207 g/mol. The third kappa shape index (κ3) is 2.29. The van der Waals surface area contributed by atoms with Crippen molar-refractivity contribution in [2.75, 3.05) is 25.6 Å². The Labute approximate surface area is 90.7 Å². The SMILES string of the molecule is COc1ccc(N(C)CC=O)c(C)c1C. The molecule has 0 bridgehead atoms. The van der Waals surface area contributed by atoms with Gasteiger partial charge in [0.25, 0.3) is 0 Å². The van der Waals surface area contributed by atoms with Crippen molar-refractivity contribution in [1.29, 1.82) is 0 Å². The molecular weight excluding hydrogens is 190 g/mol. The van der Waals surface area contributed by atoms with Crippen LogP contribution in [0.3, 0.4) is 0 Å². The van der Waals surface area contributed by atoms with Crippen LogP contribution >= 0.6 is 0 Å². The van der Waals surface area contributed by atoms with E-state index in [-0.39, 0.29) is 0 Å². The van der Waals surface area contributed by atoms with E-state index >= 15 is 0 Å². The van der Waals surface area contributed by atoms with Crippen molar-refractivity contribution in [2.45, 2.75) is 13.8 Å². The second kappa shape index (κ2) is 4.82. The van der Waals surface area contributed by atoms with Crippen molar-refractivity contribution < 1.29 is 9.53 Å². The first-order valence-corrected chi connectivity index (χ1v) is 4.90. The number of methoxy groups -OCH3 is 1. The number of carbonyl (C=O) groups excluding carboxylic acids is 1. The van der Waals surface area contributed by atoms with Gasteiger partial charge in [0.15, 0.2) is 0 Å². The van der Waals surface area contributed by atoms with E-state index in [1.54, 1.807) is 7.11 Å². The minimum Gasteiger partial charge on any atom is -0.496 e. The summed E-state index contributed by atoms with van der Waals surface area (Å²) >= 11 is 0. The lowest BCUT2D eigenvalue weighted by atomic mass is 10.1. The molecule has 0 aliphatic rings. The summed E-state index contributed by atoms with van der Waals surface area (Å²) in [7, 11) is 3.57. The van der Waals surface area contributed by atoms with E-state index in [1.807, 2.05) is 37.9 Å². The highest BCUT2D eigenvalue weighted by atomic mass is 16.5. The zero-order valence-electron chi connectivity index (χ0n) is 9.70. The number of ether oxygens (including phenoxy) is 1. The lowest BCUT2D eigenvalue weighted by molar-refractivity contribution is -0.106. The average Bonchev–Trinajstić information content (AvgIpc) is 2.22.